The van der Waals surface area contributed by atoms with Gasteiger partial charge in [-0.25, -0.2) is 4.98 Å². The van der Waals surface area contributed by atoms with Crippen LogP contribution in [0.15, 0.2) is 0 Å². The van der Waals surface area contributed by atoms with E-state index in [1.165, 1.54) is 19.3 Å². The molecule has 1 aliphatic heterocycles. The summed E-state index contributed by atoms with van der Waals surface area (Å²) in [6.07, 6.45) is 3.87. The molecule has 1 fully saturated rings. The average molecular weight is 265 g/mol. The van der Waals surface area contributed by atoms with Gasteiger partial charge in [0, 0.05) is 19.0 Å². The minimum Gasteiger partial charge on any atom is -0.348 e. The molecule has 0 saturated carbocycles. The van der Waals surface area contributed by atoms with E-state index in [4.69, 9.17) is 0 Å². The minimum atomic E-state index is -0.194. The van der Waals surface area contributed by atoms with Crippen LogP contribution in [0.3, 0.4) is 0 Å². The maximum Gasteiger partial charge on any atom is 0.291 e. The van der Waals surface area contributed by atoms with Crippen LogP contribution in [-0.4, -0.2) is 52.2 Å². The number of nitrogens with one attached hydrogen (secondary N) is 2. The van der Waals surface area contributed by atoms with Crippen LogP contribution < -0.4 is 5.32 Å². The topological polar surface area (TPSA) is 73.9 Å². The summed E-state index contributed by atoms with van der Waals surface area (Å²) in [7, 11) is 0. The molecule has 1 aromatic heterocycles. The van der Waals surface area contributed by atoms with E-state index < -0.39 is 0 Å². The molecule has 0 unspecified atom stereocenters. The van der Waals surface area contributed by atoms with E-state index in [0.717, 1.165) is 25.5 Å². The van der Waals surface area contributed by atoms with Crippen LogP contribution in [0.5, 0.6) is 0 Å². The first-order valence-electron chi connectivity index (χ1n) is 7.09. The highest BCUT2D eigenvalue weighted by atomic mass is 16.2. The van der Waals surface area contributed by atoms with Crippen molar-refractivity contribution in [3.05, 3.63) is 11.6 Å². The summed E-state index contributed by atoms with van der Waals surface area (Å²) in [6.45, 7) is 7.89. The number of carbonyl (C=O) groups excluding carboxylic acids is 1. The van der Waals surface area contributed by atoms with Gasteiger partial charge < -0.3 is 10.2 Å². The quantitative estimate of drug-likeness (QED) is 0.837. The molecule has 0 radical (unpaired) electrons. The second-order valence-electron chi connectivity index (χ2n) is 5.36. The van der Waals surface area contributed by atoms with E-state index in [0.29, 0.717) is 6.54 Å². The van der Waals surface area contributed by atoms with Crippen molar-refractivity contribution < 1.29 is 4.79 Å². The van der Waals surface area contributed by atoms with E-state index in [1.807, 2.05) is 13.8 Å². The number of piperidine rings is 1. The van der Waals surface area contributed by atoms with Crippen molar-refractivity contribution in [3.63, 3.8) is 0 Å². The van der Waals surface area contributed by atoms with E-state index in [-0.39, 0.29) is 17.6 Å². The van der Waals surface area contributed by atoms with E-state index in [1.54, 1.807) is 0 Å². The van der Waals surface area contributed by atoms with Crippen molar-refractivity contribution >= 4 is 5.91 Å². The number of hydrogen-bond donors (Lipinski definition) is 2. The number of rotatable bonds is 5. The molecule has 1 aliphatic rings. The number of amides is 1. The number of likely N-dealkylation sites (tertiary alicyclic amines) is 1. The standard InChI is InChI=1S/C13H23N5O/c1-10(2)11-15-12(17-16-11)13(19)14-6-9-18-7-4-3-5-8-18/h10H,3-9H2,1-2H3,(H,14,19)(H,15,16,17). The molecule has 1 aromatic rings. The number of carbonyl (C=O) groups is 1. The summed E-state index contributed by atoms with van der Waals surface area (Å²) in [6, 6.07) is 0. The maximum atomic E-state index is 11.8. The molecule has 0 spiro atoms. The first kappa shape index (κ1) is 14.0. The van der Waals surface area contributed by atoms with E-state index >= 15 is 0 Å². The Morgan fingerprint density at radius 2 is 2.11 bits per heavy atom. The smallest absolute Gasteiger partial charge is 0.291 e. The molecule has 106 valence electrons. The number of H-pyrrole nitrogens is 1. The highest BCUT2D eigenvalue weighted by Crippen LogP contribution is 2.08. The molecular formula is C13H23N5O. The van der Waals surface area contributed by atoms with Gasteiger partial charge in [0.15, 0.2) is 0 Å². The zero-order valence-corrected chi connectivity index (χ0v) is 11.8. The average Bonchev–Trinajstić information content (AvgIpc) is 2.89. The third kappa shape index (κ3) is 4.02. The summed E-state index contributed by atoms with van der Waals surface area (Å²) < 4.78 is 0. The van der Waals surface area contributed by atoms with Crippen molar-refractivity contribution in [1.29, 1.82) is 0 Å². The van der Waals surface area contributed by atoms with Crippen LogP contribution in [0.25, 0.3) is 0 Å². The van der Waals surface area contributed by atoms with Crippen LogP contribution in [-0.2, 0) is 0 Å². The number of hydrogen-bond acceptors (Lipinski definition) is 4. The maximum absolute atomic E-state index is 11.8. The third-order valence-corrected chi connectivity index (χ3v) is 3.41. The van der Waals surface area contributed by atoms with Crippen molar-refractivity contribution in [1.82, 2.24) is 25.4 Å². The zero-order chi connectivity index (χ0) is 13.7. The summed E-state index contributed by atoms with van der Waals surface area (Å²) in [5.41, 5.74) is 0. The molecule has 0 atom stereocenters. The molecule has 1 amide bonds. The molecule has 1 saturated heterocycles. The summed E-state index contributed by atoms with van der Waals surface area (Å²) in [5, 5.41) is 9.61. The second-order valence-corrected chi connectivity index (χ2v) is 5.36. The summed E-state index contributed by atoms with van der Waals surface area (Å²) in [4.78, 5) is 18.4. The van der Waals surface area contributed by atoms with Crippen molar-refractivity contribution in [2.75, 3.05) is 26.2 Å². The predicted molar refractivity (Wildman–Crippen MR) is 73.1 cm³/mol. The fourth-order valence-corrected chi connectivity index (χ4v) is 2.22. The second kappa shape index (κ2) is 6.65. The normalized spacial score (nSPS) is 16.8. The number of aromatic amines is 1. The van der Waals surface area contributed by atoms with Gasteiger partial charge >= 0.3 is 0 Å². The zero-order valence-electron chi connectivity index (χ0n) is 11.8. The van der Waals surface area contributed by atoms with Gasteiger partial charge in [-0.3, -0.25) is 9.89 Å². The molecule has 2 rings (SSSR count). The molecule has 2 N–H and O–H groups in total. The van der Waals surface area contributed by atoms with Crippen LogP contribution in [0.1, 0.15) is 55.5 Å². The van der Waals surface area contributed by atoms with Crippen LogP contribution >= 0.6 is 0 Å². The van der Waals surface area contributed by atoms with Gasteiger partial charge in [0.2, 0.25) is 5.82 Å². The highest BCUT2D eigenvalue weighted by molar-refractivity contribution is 5.90. The van der Waals surface area contributed by atoms with Gasteiger partial charge in [-0.2, -0.15) is 0 Å². The summed E-state index contributed by atoms with van der Waals surface area (Å²) >= 11 is 0. The largest absolute Gasteiger partial charge is 0.348 e. The van der Waals surface area contributed by atoms with Gasteiger partial charge in [0.25, 0.3) is 5.91 Å². The Labute approximate surface area is 114 Å². The Kier molecular flexibility index (Phi) is 4.90. The lowest BCUT2D eigenvalue weighted by molar-refractivity contribution is 0.0936. The Morgan fingerprint density at radius 3 is 2.74 bits per heavy atom. The Balaban J connectivity index is 1.74. The summed E-state index contributed by atoms with van der Waals surface area (Å²) in [5.74, 6) is 1.05. The van der Waals surface area contributed by atoms with Crippen molar-refractivity contribution in [2.24, 2.45) is 0 Å². The minimum absolute atomic E-state index is 0.194. The fraction of sp³-hybridized carbons (Fsp3) is 0.769. The lowest BCUT2D eigenvalue weighted by atomic mass is 10.1. The molecular weight excluding hydrogens is 242 g/mol. The molecule has 0 aliphatic carbocycles. The Bertz CT molecular complexity index is 409. The SMILES string of the molecule is CC(C)c1nc(C(=O)NCCN2CCCCC2)n[nH]1. The van der Waals surface area contributed by atoms with Crippen LogP contribution in [0.4, 0.5) is 0 Å². The van der Waals surface area contributed by atoms with E-state index in [9.17, 15) is 4.79 Å². The molecule has 0 aromatic carbocycles. The fourth-order valence-electron chi connectivity index (χ4n) is 2.22. The number of nitrogens with zero attached hydrogens (tertiary/aromatic N) is 3. The third-order valence-electron chi connectivity index (χ3n) is 3.41. The van der Waals surface area contributed by atoms with Crippen LogP contribution in [0, 0.1) is 0 Å². The van der Waals surface area contributed by atoms with Gasteiger partial charge in [-0.05, 0) is 25.9 Å². The number of aromatic nitrogens is 3. The van der Waals surface area contributed by atoms with Gasteiger partial charge in [0.1, 0.15) is 5.82 Å². The van der Waals surface area contributed by atoms with E-state index in [2.05, 4.69) is 25.4 Å². The highest BCUT2D eigenvalue weighted by Gasteiger charge is 2.14. The van der Waals surface area contributed by atoms with Gasteiger partial charge in [0.05, 0.1) is 0 Å². The first-order chi connectivity index (χ1) is 9.16. The molecule has 2 heterocycles. The Morgan fingerprint density at radius 1 is 1.37 bits per heavy atom. The predicted octanol–water partition coefficient (Wildman–Crippen LogP) is 1.14. The van der Waals surface area contributed by atoms with Crippen molar-refractivity contribution in [2.45, 2.75) is 39.0 Å². The molecule has 0 bridgehead atoms. The molecule has 6 heteroatoms. The first-order valence-corrected chi connectivity index (χ1v) is 7.09. The van der Waals surface area contributed by atoms with Crippen molar-refractivity contribution in [3.8, 4) is 0 Å². The molecule has 6 nitrogen and oxygen atoms in total. The monoisotopic (exact) mass is 265 g/mol. The lowest BCUT2D eigenvalue weighted by Gasteiger charge is -2.26. The van der Waals surface area contributed by atoms with Crippen LogP contribution in [0.2, 0.25) is 0 Å². The Hall–Kier alpha value is -1.43. The van der Waals surface area contributed by atoms with Gasteiger partial charge in [-0.1, -0.05) is 20.3 Å². The lowest BCUT2D eigenvalue weighted by Crippen LogP contribution is -2.37. The molecule has 19 heavy (non-hydrogen) atoms. The van der Waals surface area contributed by atoms with Gasteiger partial charge in [-0.15, -0.1) is 5.10 Å².